The number of hydrogen-bond donors (Lipinski definition) is 1. The minimum atomic E-state index is -0.289. The number of azide groups is 1. The van der Waals surface area contributed by atoms with Crippen LogP contribution in [-0.4, -0.2) is 11.7 Å². The Balaban J connectivity index is 2.92. The molecule has 0 spiro atoms. The molecular weight excluding hydrogens is 246 g/mol. The van der Waals surface area contributed by atoms with Gasteiger partial charge in [-0.25, -0.2) is 0 Å². The Hall–Kier alpha value is -1.03. The third-order valence-electron chi connectivity index (χ3n) is 1.83. The molecule has 0 fully saturated rings. The van der Waals surface area contributed by atoms with E-state index in [4.69, 9.17) is 10.6 Å². The van der Waals surface area contributed by atoms with Gasteiger partial charge in [-0.1, -0.05) is 33.2 Å². The minimum Gasteiger partial charge on any atom is -0.396 e. The van der Waals surface area contributed by atoms with Crippen LogP contribution in [0.1, 0.15) is 18.0 Å². The van der Waals surface area contributed by atoms with Gasteiger partial charge in [0, 0.05) is 16.0 Å². The molecule has 0 amide bonds. The zero-order chi connectivity index (χ0) is 10.4. The van der Waals surface area contributed by atoms with Gasteiger partial charge < -0.3 is 5.11 Å². The molecule has 0 saturated carbocycles. The van der Waals surface area contributed by atoms with Crippen LogP contribution in [0.15, 0.2) is 33.9 Å². The monoisotopic (exact) mass is 255 g/mol. The quantitative estimate of drug-likeness (QED) is 0.501. The van der Waals surface area contributed by atoms with E-state index in [2.05, 4.69) is 26.0 Å². The van der Waals surface area contributed by atoms with Crippen molar-refractivity contribution in [2.45, 2.75) is 12.5 Å². The van der Waals surface area contributed by atoms with Crippen LogP contribution in [-0.2, 0) is 0 Å². The first-order valence-electron chi connectivity index (χ1n) is 4.18. The van der Waals surface area contributed by atoms with E-state index in [1.165, 1.54) is 0 Å². The molecule has 0 aliphatic rings. The summed E-state index contributed by atoms with van der Waals surface area (Å²) in [6, 6.07) is 7.24. The van der Waals surface area contributed by atoms with E-state index in [0.29, 0.717) is 6.42 Å². The van der Waals surface area contributed by atoms with Crippen LogP contribution in [0.4, 0.5) is 0 Å². The first-order chi connectivity index (χ1) is 6.77. The maximum absolute atomic E-state index is 8.80. The van der Waals surface area contributed by atoms with Crippen molar-refractivity contribution in [3.63, 3.8) is 0 Å². The molecule has 1 rings (SSSR count). The Labute approximate surface area is 90.3 Å². The molecule has 0 radical (unpaired) electrons. The van der Waals surface area contributed by atoms with Gasteiger partial charge in [-0.3, -0.25) is 0 Å². The molecule has 1 unspecified atom stereocenters. The third-order valence-corrected chi connectivity index (χ3v) is 2.32. The van der Waals surface area contributed by atoms with Crippen molar-refractivity contribution in [2.75, 3.05) is 6.61 Å². The normalized spacial score (nSPS) is 11.9. The van der Waals surface area contributed by atoms with Gasteiger partial charge in [-0.2, -0.15) is 0 Å². The lowest BCUT2D eigenvalue weighted by molar-refractivity contribution is 0.276. The summed E-state index contributed by atoms with van der Waals surface area (Å²) in [6.45, 7) is 0.0101. The molecule has 1 N–H and O–H groups in total. The fraction of sp³-hybridized carbons (Fsp3) is 0.333. The topological polar surface area (TPSA) is 69.0 Å². The first-order valence-corrected chi connectivity index (χ1v) is 4.97. The van der Waals surface area contributed by atoms with Crippen LogP contribution in [0.3, 0.4) is 0 Å². The Morgan fingerprint density at radius 3 is 2.93 bits per heavy atom. The van der Waals surface area contributed by atoms with Crippen LogP contribution < -0.4 is 0 Å². The second kappa shape index (κ2) is 5.65. The van der Waals surface area contributed by atoms with Gasteiger partial charge in [-0.15, -0.1) is 0 Å². The maximum atomic E-state index is 8.80. The standard InChI is InChI=1S/C9H10BrN3O/c10-8-3-1-2-7(6-8)9(4-5-14)12-13-11/h1-3,6,9,14H,4-5H2. The Bertz CT molecular complexity index is 350. The molecule has 74 valence electrons. The van der Waals surface area contributed by atoms with Crippen LogP contribution in [0, 0.1) is 0 Å². The summed E-state index contributed by atoms with van der Waals surface area (Å²) >= 11 is 3.34. The molecule has 0 bridgehead atoms. The zero-order valence-electron chi connectivity index (χ0n) is 7.47. The molecule has 0 saturated heterocycles. The summed E-state index contributed by atoms with van der Waals surface area (Å²) in [4.78, 5) is 2.76. The van der Waals surface area contributed by atoms with Gasteiger partial charge in [-0.05, 0) is 29.6 Å². The number of hydrogen-bond acceptors (Lipinski definition) is 2. The Morgan fingerprint density at radius 1 is 1.57 bits per heavy atom. The maximum Gasteiger partial charge on any atom is 0.0647 e. The van der Waals surface area contributed by atoms with Crippen LogP contribution >= 0.6 is 15.9 Å². The minimum absolute atomic E-state index is 0.0101. The van der Waals surface area contributed by atoms with Crippen molar-refractivity contribution in [2.24, 2.45) is 5.11 Å². The average Bonchev–Trinajstić information content (AvgIpc) is 2.17. The molecule has 4 nitrogen and oxygen atoms in total. The van der Waals surface area contributed by atoms with Gasteiger partial charge in [0.15, 0.2) is 0 Å². The second-order valence-corrected chi connectivity index (χ2v) is 3.70. The van der Waals surface area contributed by atoms with Gasteiger partial charge in [0.05, 0.1) is 6.04 Å². The SMILES string of the molecule is [N-]=[N+]=NC(CCO)c1cccc(Br)c1. The molecule has 0 aliphatic carbocycles. The number of halogens is 1. The highest BCUT2D eigenvalue weighted by Gasteiger charge is 2.08. The molecule has 1 aromatic carbocycles. The molecule has 0 aliphatic heterocycles. The summed E-state index contributed by atoms with van der Waals surface area (Å²) in [5.74, 6) is 0. The van der Waals surface area contributed by atoms with Gasteiger partial charge in [0.25, 0.3) is 0 Å². The average molecular weight is 256 g/mol. The van der Waals surface area contributed by atoms with Crippen molar-refractivity contribution in [1.29, 1.82) is 0 Å². The third kappa shape index (κ3) is 3.03. The highest BCUT2D eigenvalue weighted by molar-refractivity contribution is 9.10. The number of rotatable bonds is 4. The molecule has 1 atom stereocenters. The van der Waals surface area contributed by atoms with Crippen molar-refractivity contribution in [1.82, 2.24) is 0 Å². The van der Waals surface area contributed by atoms with Crippen molar-refractivity contribution in [3.05, 3.63) is 44.7 Å². The molecule has 14 heavy (non-hydrogen) atoms. The molecule has 0 heterocycles. The summed E-state index contributed by atoms with van der Waals surface area (Å²) in [5.41, 5.74) is 9.27. The van der Waals surface area contributed by atoms with E-state index in [-0.39, 0.29) is 12.6 Å². The smallest absolute Gasteiger partial charge is 0.0647 e. The number of nitrogens with zero attached hydrogens (tertiary/aromatic N) is 3. The van der Waals surface area contributed by atoms with Gasteiger partial charge >= 0.3 is 0 Å². The summed E-state index contributed by atoms with van der Waals surface area (Å²) in [5, 5.41) is 12.4. The van der Waals surface area contributed by atoms with Crippen LogP contribution in [0.25, 0.3) is 10.4 Å². The molecular formula is C9H10BrN3O. The van der Waals surface area contributed by atoms with E-state index in [1.807, 2.05) is 24.3 Å². The lowest BCUT2D eigenvalue weighted by Crippen LogP contribution is -1.97. The Morgan fingerprint density at radius 2 is 2.36 bits per heavy atom. The summed E-state index contributed by atoms with van der Waals surface area (Å²) < 4.78 is 0.936. The lowest BCUT2D eigenvalue weighted by Gasteiger charge is -2.09. The zero-order valence-corrected chi connectivity index (χ0v) is 9.05. The van der Waals surface area contributed by atoms with Crippen molar-refractivity contribution >= 4 is 15.9 Å². The summed E-state index contributed by atoms with van der Waals surface area (Å²) in [6.07, 6.45) is 0.445. The fourth-order valence-corrected chi connectivity index (χ4v) is 1.61. The first kappa shape index (κ1) is 11.0. The largest absolute Gasteiger partial charge is 0.396 e. The fourth-order valence-electron chi connectivity index (χ4n) is 1.19. The van der Waals surface area contributed by atoms with Gasteiger partial charge in [0.1, 0.15) is 0 Å². The predicted octanol–water partition coefficient (Wildman–Crippen LogP) is 3.18. The van der Waals surface area contributed by atoms with E-state index in [9.17, 15) is 0 Å². The Kier molecular flexibility index (Phi) is 4.46. The summed E-state index contributed by atoms with van der Waals surface area (Å²) in [7, 11) is 0. The molecule has 1 aromatic rings. The molecule has 0 aromatic heterocycles. The van der Waals surface area contributed by atoms with E-state index >= 15 is 0 Å². The van der Waals surface area contributed by atoms with E-state index in [0.717, 1.165) is 10.0 Å². The number of aliphatic hydroxyl groups excluding tert-OH is 1. The van der Waals surface area contributed by atoms with Crippen molar-refractivity contribution in [3.8, 4) is 0 Å². The highest BCUT2D eigenvalue weighted by Crippen LogP contribution is 2.23. The van der Waals surface area contributed by atoms with Gasteiger partial charge in [0.2, 0.25) is 0 Å². The van der Waals surface area contributed by atoms with E-state index in [1.54, 1.807) is 0 Å². The number of aliphatic hydroxyl groups is 1. The number of benzene rings is 1. The van der Waals surface area contributed by atoms with Crippen molar-refractivity contribution < 1.29 is 5.11 Å². The lowest BCUT2D eigenvalue weighted by atomic mass is 10.1. The van der Waals surface area contributed by atoms with E-state index < -0.39 is 0 Å². The second-order valence-electron chi connectivity index (χ2n) is 2.79. The predicted molar refractivity (Wildman–Crippen MR) is 57.7 cm³/mol. The van der Waals surface area contributed by atoms with Crippen LogP contribution in [0.2, 0.25) is 0 Å². The molecule has 5 heteroatoms. The van der Waals surface area contributed by atoms with Crippen LogP contribution in [0.5, 0.6) is 0 Å². The highest BCUT2D eigenvalue weighted by atomic mass is 79.9.